The van der Waals surface area contributed by atoms with Gasteiger partial charge in [0, 0.05) is 19.3 Å². The van der Waals surface area contributed by atoms with E-state index in [4.69, 9.17) is 14.2 Å². The molecule has 0 radical (unpaired) electrons. The van der Waals surface area contributed by atoms with Crippen LogP contribution in [-0.4, -0.2) is 37.2 Å². The quantitative estimate of drug-likeness (QED) is 0.117. The minimum atomic E-state index is -0.297. The van der Waals surface area contributed by atoms with Crippen LogP contribution in [0, 0.1) is 11.8 Å². The maximum absolute atomic E-state index is 12.7. The van der Waals surface area contributed by atoms with E-state index in [1.807, 2.05) is 24.3 Å². The summed E-state index contributed by atoms with van der Waals surface area (Å²) in [5.74, 6) is -0.399. The molecule has 1 aromatic carbocycles. The summed E-state index contributed by atoms with van der Waals surface area (Å²) in [5.41, 5.74) is 0.555. The van der Waals surface area contributed by atoms with E-state index in [1.165, 1.54) is 14.0 Å². The molecule has 0 spiro atoms. The Morgan fingerprint density at radius 3 is 2.53 bits per heavy atom. The van der Waals surface area contributed by atoms with Gasteiger partial charge in [-0.2, -0.15) is 0 Å². The molecule has 0 amide bonds. The molecule has 36 heavy (non-hydrogen) atoms. The number of carbonyl (C=O) groups is 3. The molecule has 0 N–H and O–H groups in total. The highest BCUT2D eigenvalue weighted by molar-refractivity contribution is 5.89. The van der Waals surface area contributed by atoms with E-state index < -0.39 is 0 Å². The number of benzene rings is 1. The Morgan fingerprint density at radius 2 is 1.83 bits per heavy atom. The molecule has 0 unspecified atom stereocenters. The SMILES string of the molecule is CCCCC[C@@H](/C=C/[C@H]1CC[C@@H](OC(=O)c2ccccc2)[C@@H]1C/C=C\CCCC(=O)OC)OC(C)=O. The van der Waals surface area contributed by atoms with E-state index in [0.717, 1.165) is 57.8 Å². The molecule has 198 valence electrons. The van der Waals surface area contributed by atoms with Gasteiger partial charge in [0.15, 0.2) is 0 Å². The molecule has 1 fully saturated rings. The van der Waals surface area contributed by atoms with Crippen molar-refractivity contribution in [3.63, 3.8) is 0 Å². The molecule has 6 nitrogen and oxygen atoms in total. The number of hydrogen-bond donors (Lipinski definition) is 0. The van der Waals surface area contributed by atoms with Gasteiger partial charge in [-0.1, -0.05) is 56.2 Å². The molecule has 0 bridgehead atoms. The van der Waals surface area contributed by atoms with Crippen LogP contribution < -0.4 is 0 Å². The van der Waals surface area contributed by atoms with Crippen LogP contribution in [0.2, 0.25) is 0 Å². The molecule has 1 aromatic rings. The average Bonchev–Trinajstić information content (AvgIpc) is 3.25. The highest BCUT2D eigenvalue weighted by atomic mass is 16.5. The van der Waals surface area contributed by atoms with Crippen LogP contribution in [-0.2, 0) is 23.8 Å². The van der Waals surface area contributed by atoms with E-state index >= 15 is 0 Å². The number of carbonyl (C=O) groups excluding carboxylic acids is 3. The van der Waals surface area contributed by atoms with Crippen molar-refractivity contribution in [2.75, 3.05) is 7.11 Å². The fourth-order valence-corrected chi connectivity index (χ4v) is 4.66. The van der Waals surface area contributed by atoms with Crippen LogP contribution in [0.1, 0.15) is 88.4 Å². The third-order valence-corrected chi connectivity index (χ3v) is 6.62. The maximum atomic E-state index is 12.7. The summed E-state index contributed by atoms with van der Waals surface area (Å²) in [5, 5.41) is 0. The van der Waals surface area contributed by atoms with Gasteiger partial charge in [-0.3, -0.25) is 9.59 Å². The average molecular weight is 499 g/mol. The van der Waals surface area contributed by atoms with E-state index in [1.54, 1.807) is 12.1 Å². The Balaban J connectivity index is 2.06. The number of methoxy groups -OCH3 is 1. The summed E-state index contributed by atoms with van der Waals surface area (Å²) >= 11 is 0. The van der Waals surface area contributed by atoms with Crippen molar-refractivity contribution in [2.45, 2.75) is 90.3 Å². The Bertz CT molecular complexity index is 859. The number of hydrogen-bond acceptors (Lipinski definition) is 6. The van der Waals surface area contributed by atoms with Crippen molar-refractivity contribution < 1.29 is 28.6 Å². The van der Waals surface area contributed by atoms with Crippen molar-refractivity contribution in [1.82, 2.24) is 0 Å². The first-order valence-electron chi connectivity index (χ1n) is 13.3. The minimum absolute atomic E-state index is 0.138. The van der Waals surface area contributed by atoms with Gasteiger partial charge in [-0.15, -0.1) is 0 Å². The molecular formula is C30H42O6. The third-order valence-electron chi connectivity index (χ3n) is 6.62. The number of rotatable bonds is 15. The predicted molar refractivity (Wildman–Crippen MR) is 140 cm³/mol. The van der Waals surface area contributed by atoms with E-state index in [2.05, 4.69) is 25.2 Å². The lowest BCUT2D eigenvalue weighted by Crippen LogP contribution is -2.25. The zero-order valence-corrected chi connectivity index (χ0v) is 22.0. The van der Waals surface area contributed by atoms with Crippen LogP contribution in [0.4, 0.5) is 0 Å². The largest absolute Gasteiger partial charge is 0.469 e. The van der Waals surface area contributed by atoms with Gasteiger partial charge >= 0.3 is 17.9 Å². The lowest BCUT2D eigenvalue weighted by Gasteiger charge is -2.23. The van der Waals surface area contributed by atoms with Gasteiger partial charge in [0.05, 0.1) is 12.7 Å². The molecule has 1 aliphatic carbocycles. The lowest BCUT2D eigenvalue weighted by molar-refractivity contribution is -0.144. The molecule has 0 aromatic heterocycles. The first-order valence-corrected chi connectivity index (χ1v) is 13.3. The Hall–Kier alpha value is -2.89. The fraction of sp³-hybridized carbons (Fsp3) is 0.567. The smallest absolute Gasteiger partial charge is 0.338 e. The lowest BCUT2D eigenvalue weighted by atomic mass is 9.90. The zero-order valence-electron chi connectivity index (χ0n) is 22.0. The molecule has 6 heteroatoms. The molecule has 0 aliphatic heterocycles. The molecule has 0 saturated heterocycles. The number of esters is 3. The summed E-state index contributed by atoms with van der Waals surface area (Å²) < 4.78 is 16.2. The van der Waals surface area contributed by atoms with E-state index in [-0.39, 0.29) is 42.0 Å². The molecule has 2 rings (SSSR count). The second-order valence-electron chi connectivity index (χ2n) is 9.42. The Labute approximate surface area is 216 Å². The van der Waals surface area contributed by atoms with Gasteiger partial charge in [0.2, 0.25) is 0 Å². The van der Waals surface area contributed by atoms with Crippen LogP contribution in [0.5, 0.6) is 0 Å². The fourth-order valence-electron chi connectivity index (χ4n) is 4.66. The van der Waals surface area contributed by atoms with Gasteiger partial charge in [0.1, 0.15) is 12.2 Å². The van der Waals surface area contributed by atoms with Crippen LogP contribution in [0.15, 0.2) is 54.6 Å². The summed E-state index contributed by atoms with van der Waals surface area (Å²) in [7, 11) is 1.40. The van der Waals surface area contributed by atoms with Crippen molar-refractivity contribution in [2.24, 2.45) is 11.8 Å². The molecule has 1 saturated carbocycles. The van der Waals surface area contributed by atoms with Crippen molar-refractivity contribution in [1.29, 1.82) is 0 Å². The van der Waals surface area contributed by atoms with E-state index in [9.17, 15) is 14.4 Å². The topological polar surface area (TPSA) is 78.9 Å². The van der Waals surface area contributed by atoms with Crippen molar-refractivity contribution >= 4 is 17.9 Å². The standard InChI is InChI=1S/C30H42O6/c1-4-5-9-16-26(35-23(2)31)21-19-24-20-22-28(36-30(33)25-14-10-8-11-15-25)27(24)17-12-6-7-13-18-29(32)34-3/h6,8,10-12,14-15,19,21,24,26-28H,4-5,7,9,13,16-18,20,22H2,1-3H3/b12-6-,21-19+/t24-,26-,27+,28+/m0/s1. The van der Waals surface area contributed by atoms with Gasteiger partial charge in [0.25, 0.3) is 0 Å². The number of ether oxygens (including phenoxy) is 3. The van der Waals surface area contributed by atoms with Crippen LogP contribution in [0.3, 0.4) is 0 Å². The summed E-state index contributed by atoms with van der Waals surface area (Å²) in [6.07, 6.45) is 16.5. The Morgan fingerprint density at radius 1 is 1.06 bits per heavy atom. The van der Waals surface area contributed by atoms with E-state index in [0.29, 0.717) is 12.0 Å². The highest BCUT2D eigenvalue weighted by Gasteiger charge is 2.36. The molecule has 1 aliphatic rings. The number of allylic oxidation sites excluding steroid dienone is 3. The van der Waals surface area contributed by atoms with Crippen LogP contribution in [0.25, 0.3) is 0 Å². The third kappa shape index (κ3) is 10.8. The molecular weight excluding hydrogens is 456 g/mol. The second-order valence-corrected chi connectivity index (χ2v) is 9.42. The van der Waals surface area contributed by atoms with Gasteiger partial charge in [-0.25, -0.2) is 4.79 Å². The summed E-state index contributed by atoms with van der Waals surface area (Å²) in [6.45, 7) is 3.60. The van der Waals surface area contributed by atoms with Crippen molar-refractivity contribution in [3.05, 3.63) is 60.2 Å². The zero-order chi connectivity index (χ0) is 26.2. The normalized spacial score (nSPS) is 20.5. The molecule has 0 heterocycles. The van der Waals surface area contributed by atoms with Crippen LogP contribution >= 0.6 is 0 Å². The number of unbranched alkanes of at least 4 members (excludes halogenated alkanes) is 3. The summed E-state index contributed by atoms with van der Waals surface area (Å²) in [6, 6.07) is 9.08. The van der Waals surface area contributed by atoms with Gasteiger partial charge in [-0.05, 0) is 69.1 Å². The maximum Gasteiger partial charge on any atom is 0.338 e. The van der Waals surface area contributed by atoms with Gasteiger partial charge < -0.3 is 14.2 Å². The summed E-state index contributed by atoms with van der Waals surface area (Å²) in [4.78, 5) is 35.6. The Kier molecular flexibility index (Phi) is 13.6. The monoisotopic (exact) mass is 498 g/mol. The first-order chi connectivity index (χ1) is 17.4. The first kappa shape index (κ1) is 29.3. The van der Waals surface area contributed by atoms with Crippen molar-refractivity contribution in [3.8, 4) is 0 Å². The molecule has 4 atom stereocenters. The minimum Gasteiger partial charge on any atom is -0.469 e. The second kappa shape index (κ2) is 16.7. The predicted octanol–water partition coefficient (Wildman–Crippen LogP) is 6.60. The highest BCUT2D eigenvalue weighted by Crippen LogP contribution is 2.38.